The van der Waals surface area contributed by atoms with Crippen LogP contribution in [0.25, 0.3) is 0 Å². The molecule has 0 fully saturated rings. The van der Waals surface area contributed by atoms with E-state index < -0.39 is 36.0 Å². The molecule has 10 nitrogen and oxygen atoms in total. The Morgan fingerprint density at radius 1 is 1.35 bits per heavy atom. The molecule has 0 saturated heterocycles. The lowest BCUT2D eigenvalue weighted by atomic mass is 10.0. The van der Waals surface area contributed by atoms with Crippen LogP contribution in [0.4, 0.5) is 11.8 Å². The van der Waals surface area contributed by atoms with Crippen LogP contribution in [-0.4, -0.2) is 43.7 Å². The molecule has 1 aromatic rings. The van der Waals surface area contributed by atoms with Gasteiger partial charge < -0.3 is 30.1 Å². The van der Waals surface area contributed by atoms with Crippen LogP contribution in [0.15, 0.2) is 6.20 Å². The van der Waals surface area contributed by atoms with Gasteiger partial charge in [0.2, 0.25) is 0 Å². The number of imidazole rings is 1. The largest absolute Gasteiger partial charge is 0.439 e. The Hall–Kier alpha value is -1.85. The fourth-order valence-electron chi connectivity index (χ4n) is 1.91. The van der Waals surface area contributed by atoms with E-state index in [4.69, 9.17) is 0 Å². The summed E-state index contributed by atoms with van der Waals surface area (Å²) in [6, 6.07) is 0. The number of nitrogens with zero attached hydrogens (tertiary/aromatic N) is 4. The second-order valence-electron chi connectivity index (χ2n) is 6.70. The molecule has 0 saturated carbocycles. The summed E-state index contributed by atoms with van der Waals surface area (Å²) >= 11 is 0. The van der Waals surface area contributed by atoms with Gasteiger partial charge in [0.1, 0.15) is 0 Å². The molecule has 0 radical (unpaired) electrons. The van der Waals surface area contributed by atoms with Crippen molar-refractivity contribution in [1.29, 1.82) is 0 Å². The van der Waals surface area contributed by atoms with Crippen molar-refractivity contribution in [3.63, 3.8) is 0 Å². The number of aromatic nitrogens is 2. The number of hydrogen-bond acceptors (Lipinski definition) is 7. The molecule has 0 aromatic carbocycles. The highest BCUT2D eigenvalue weighted by Crippen LogP contribution is 2.40. The van der Waals surface area contributed by atoms with Crippen LogP contribution < -0.4 is 0 Å². The summed E-state index contributed by atoms with van der Waals surface area (Å²) in [5, 5.41) is 31.3. The fourth-order valence-corrected chi connectivity index (χ4v) is 2.67. The minimum Gasteiger partial charge on any atom is -0.432 e. The average Bonchev–Trinajstić information content (AvgIpc) is 2.79. The molecule has 0 aliphatic carbocycles. The highest BCUT2D eigenvalue weighted by molar-refractivity contribution is 6.72. The second kappa shape index (κ2) is 6.72. The molecule has 0 aliphatic heterocycles. The summed E-state index contributed by atoms with van der Waals surface area (Å²) in [6.45, 7) is 7.28. The Labute approximate surface area is 134 Å². The molecular formula is C12H22N4O6Si. The summed E-state index contributed by atoms with van der Waals surface area (Å²) < 4.78 is 0.970. The maximum atomic E-state index is 10.9. The lowest BCUT2D eigenvalue weighted by Crippen LogP contribution is -2.39. The summed E-state index contributed by atoms with van der Waals surface area (Å²) in [7, 11) is -2.41. The van der Waals surface area contributed by atoms with Crippen molar-refractivity contribution < 1.29 is 19.7 Å². The molecule has 2 N–H and O–H groups in total. The molecule has 0 spiro atoms. The second-order valence-corrected chi connectivity index (χ2v) is 11.2. The zero-order chi connectivity index (χ0) is 18.0. The van der Waals surface area contributed by atoms with Gasteiger partial charge in [-0.3, -0.25) is 0 Å². The van der Waals surface area contributed by atoms with Crippen LogP contribution in [0.3, 0.4) is 0 Å². The SMILES string of the molecule is CC(C)(CCC(O)Cn1cc([N+](=O)[O-])nc1[N+](=O)[O-])[Si](C)(C)O. The molecule has 1 unspecified atom stereocenters. The zero-order valence-electron chi connectivity index (χ0n) is 13.6. The Morgan fingerprint density at radius 3 is 2.35 bits per heavy atom. The minimum atomic E-state index is -2.41. The van der Waals surface area contributed by atoms with Gasteiger partial charge in [0.15, 0.2) is 14.5 Å². The van der Waals surface area contributed by atoms with E-state index in [0.29, 0.717) is 12.8 Å². The standard InChI is InChI=1S/C12H22N4O6Si/c1-12(2,23(3,4)22)6-5-9(17)7-14-8-10(15(18)19)13-11(14)16(20)21/h8-9,17,22H,5-7H2,1-4H3. The van der Waals surface area contributed by atoms with Gasteiger partial charge in [0.05, 0.1) is 12.6 Å². The smallest absolute Gasteiger partial charge is 0.432 e. The number of aliphatic hydroxyl groups is 1. The number of hydrogen-bond donors (Lipinski definition) is 2. The Kier molecular flexibility index (Phi) is 5.61. The molecule has 1 atom stereocenters. The predicted molar refractivity (Wildman–Crippen MR) is 84.5 cm³/mol. The maximum absolute atomic E-state index is 10.9. The van der Waals surface area contributed by atoms with Crippen LogP contribution in [0.2, 0.25) is 18.1 Å². The maximum Gasteiger partial charge on any atom is 0.439 e. The van der Waals surface area contributed by atoms with Gasteiger partial charge in [-0.05, 0) is 45.8 Å². The van der Waals surface area contributed by atoms with E-state index in [9.17, 15) is 30.1 Å². The van der Waals surface area contributed by atoms with E-state index >= 15 is 0 Å². The third-order valence-electron chi connectivity index (χ3n) is 4.26. The van der Waals surface area contributed by atoms with Crippen molar-refractivity contribution in [3.05, 3.63) is 26.4 Å². The molecule has 130 valence electrons. The predicted octanol–water partition coefficient (Wildman–Crippen LogP) is 1.82. The summed E-state index contributed by atoms with van der Waals surface area (Å²) in [6.07, 6.45) is 0.858. The van der Waals surface area contributed by atoms with Gasteiger partial charge in [-0.25, -0.2) is 4.57 Å². The van der Waals surface area contributed by atoms with Crippen molar-refractivity contribution >= 4 is 20.1 Å². The molecular weight excluding hydrogens is 324 g/mol. The van der Waals surface area contributed by atoms with Gasteiger partial charge >= 0.3 is 11.8 Å². The van der Waals surface area contributed by atoms with Crippen molar-refractivity contribution in [2.45, 2.75) is 57.5 Å². The van der Waals surface area contributed by atoms with Gasteiger partial charge in [-0.2, -0.15) is 0 Å². The van der Waals surface area contributed by atoms with E-state index in [0.717, 1.165) is 10.8 Å². The normalized spacial score (nSPS) is 13.8. The molecule has 0 bridgehead atoms. The average molecular weight is 346 g/mol. The molecule has 1 rings (SSSR count). The first-order valence-electron chi connectivity index (χ1n) is 7.11. The summed E-state index contributed by atoms with van der Waals surface area (Å²) in [5.41, 5.74) is 0. The minimum absolute atomic E-state index is 0.166. The van der Waals surface area contributed by atoms with Gasteiger partial charge in [-0.15, -0.1) is 0 Å². The summed E-state index contributed by atoms with van der Waals surface area (Å²) in [4.78, 5) is 33.4. The van der Waals surface area contributed by atoms with Crippen LogP contribution in [0.5, 0.6) is 0 Å². The molecule has 23 heavy (non-hydrogen) atoms. The molecule has 1 aromatic heterocycles. The van der Waals surface area contributed by atoms with Crippen molar-refractivity contribution in [1.82, 2.24) is 9.55 Å². The Balaban J connectivity index is 2.80. The van der Waals surface area contributed by atoms with Crippen molar-refractivity contribution in [2.24, 2.45) is 0 Å². The fraction of sp³-hybridized carbons (Fsp3) is 0.750. The van der Waals surface area contributed by atoms with Crippen molar-refractivity contribution in [2.75, 3.05) is 0 Å². The van der Waals surface area contributed by atoms with Gasteiger partial charge in [-0.1, -0.05) is 13.8 Å². The lowest BCUT2D eigenvalue weighted by molar-refractivity contribution is -0.403. The number of nitro groups is 2. The zero-order valence-corrected chi connectivity index (χ0v) is 14.6. The topological polar surface area (TPSA) is 145 Å². The Morgan fingerprint density at radius 2 is 1.91 bits per heavy atom. The first-order chi connectivity index (χ1) is 10.3. The van der Waals surface area contributed by atoms with E-state index in [1.807, 2.05) is 26.9 Å². The van der Waals surface area contributed by atoms with E-state index in [1.165, 1.54) is 0 Å². The molecule has 0 amide bonds. The number of rotatable bonds is 8. The van der Waals surface area contributed by atoms with Crippen LogP contribution in [0.1, 0.15) is 26.7 Å². The number of aliphatic hydroxyl groups excluding tert-OH is 1. The quantitative estimate of drug-likeness (QED) is 0.415. The third kappa shape index (κ3) is 4.81. The highest BCUT2D eigenvalue weighted by atomic mass is 28.4. The van der Waals surface area contributed by atoms with E-state index in [2.05, 4.69) is 4.98 Å². The lowest BCUT2D eigenvalue weighted by Gasteiger charge is -2.35. The molecule has 0 aliphatic rings. The molecule has 1 heterocycles. The van der Waals surface area contributed by atoms with Crippen LogP contribution >= 0.6 is 0 Å². The van der Waals surface area contributed by atoms with Gasteiger partial charge in [0, 0.05) is 0 Å². The van der Waals surface area contributed by atoms with Gasteiger partial charge in [0.25, 0.3) is 0 Å². The highest BCUT2D eigenvalue weighted by Gasteiger charge is 2.38. The monoisotopic (exact) mass is 346 g/mol. The third-order valence-corrected chi connectivity index (χ3v) is 7.82. The van der Waals surface area contributed by atoms with Crippen LogP contribution in [0, 0.1) is 20.2 Å². The van der Waals surface area contributed by atoms with E-state index in [-0.39, 0.29) is 11.6 Å². The van der Waals surface area contributed by atoms with Crippen LogP contribution in [-0.2, 0) is 6.54 Å². The first kappa shape index (κ1) is 19.2. The molecule has 11 heteroatoms. The Bertz CT molecular complexity index is 595. The van der Waals surface area contributed by atoms with Crippen molar-refractivity contribution in [3.8, 4) is 0 Å². The first-order valence-corrected chi connectivity index (χ1v) is 10.1. The summed E-state index contributed by atoms with van der Waals surface area (Å²) in [5.74, 6) is -1.31. The van der Waals surface area contributed by atoms with E-state index in [1.54, 1.807) is 0 Å².